The van der Waals surface area contributed by atoms with E-state index in [1.807, 2.05) is 0 Å². The van der Waals surface area contributed by atoms with Crippen LogP contribution >= 0.6 is 0 Å². The molecule has 2 aromatic carbocycles. The van der Waals surface area contributed by atoms with Gasteiger partial charge in [0.15, 0.2) is 0 Å². The highest BCUT2D eigenvalue weighted by atomic mass is 19.3. The molecule has 114 valence electrons. The van der Waals surface area contributed by atoms with Crippen molar-refractivity contribution in [2.75, 3.05) is 7.11 Å². The number of hydrogen-bond acceptors (Lipinski definition) is 3. The molecule has 0 aromatic heterocycles. The summed E-state index contributed by atoms with van der Waals surface area (Å²) in [4.78, 5) is 0. The Morgan fingerprint density at radius 1 is 1.09 bits per heavy atom. The first kappa shape index (κ1) is 14.5. The van der Waals surface area contributed by atoms with Crippen LogP contribution in [0.2, 0.25) is 0 Å². The number of benzene rings is 2. The van der Waals surface area contributed by atoms with Crippen molar-refractivity contribution in [2.45, 2.75) is 11.7 Å². The molecule has 1 N–H and O–H groups in total. The highest BCUT2D eigenvalue weighted by Crippen LogP contribution is 2.50. The second-order valence-corrected chi connectivity index (χ2v) is 4.99. The van der Waals surface area contributed by atoms with Crippen LogP contribution in [0.3, 0.4) is 0 Å². The SMILES string of the molecule is COc1ccc(C=CC2(O)c3ccccc3OC2(F)F)cc1. The van der Waals surface area contributed by atoms with E-state index >= 15 is 0 Å². The Kier molecular flexibility index (Phi) is 3.37. The molecular formula is C17H14F2O3. The third kappa shape index (κ3) is 2.23. The molecule has 3 rings (SSSR count). The summed E-state index contributed by atoms with van der Waals surface area (Å²) in [5.41, 5.74) is -1.79. The van der Waals surface area contributed by atoms with Crippen LogP contribution in [0.1, 0.15) is 11.1 Å². The van der Waals surface area contributed by atoms with Crippen LogP contribution in [0, 0.1) is 0 Å². The maximum absolute atomic E-state index is 14.1. The van der Waals surface area contributed by atoms with E-state index in [0.717, 1.165) is 6.08 Å². The fourth-order valence-electron chi connectivity index (χ4n) is 2.36. The zero-order valence-corrected chi connectivity index (χ0v) is 11.8. The van der Waals surface area contributed by atoms with Crippen molar-refractivity contribution in [1.82, 2.24) is 0 Å². The second-order valence-electron chi connectivity index (χ2n) is 4.99. The summed E-state index contributed by atoms with van der Waals surface area (Å²) in [6.45, 7) is 0. The highest BCUT2D eigenvalue weighted by Gasteiger charge is 2.61. The molecule has 0 saturated heterocycles. The standard InChI is InChI=1S/C17H14F2O3/c1-21-13-8-6-12(7-9-13)10-11-16(20)14-4-2-3-5-15(14)22-17(16,18)19/h2-11,20H,1H3. The molecule has 1 aliphatic heterocycles. The Labute approximate surface area is 126 Å². The molecule has 1 unspecified atom stereocenters. The van der Waals surface area contributed by atoms with Crippen molar-refractivity contribution in [3.05, 3.63) is 65.7 Å². The monoisotopic (exact) mass is 304 g/mol. The van der Waals surface area contributed by atoms with Crippen LogP contribution in [-0.2, 0) is 5.60 Å². The minimum atomic E-state index is -3.72. The topological polar surface area (TPSA) is 38.7 Å². The number of rotatable bonds is 3. The number of halogens is 2. The van der Waals surface area contributed by atoms with Crippen molar-refractivity contribution in [3.8, 4) is 11.5 Å². The van der Waals surface area contributed by atoms with Crippen LogP contribution in [-0.4, -0.2) is 18.3 Å². The van der Waals surface area contributed by atoms with E-state index in [9.17, 15) is 13.9 Å². The van der Waals surface area contributed by atoms with E-state index in [0.29, 0.717) is 11.3 Å². The van der Waals surface area contributed by atoms with Gasteiger partial charge in [-0.05, 0) is 29.8 Å². The van der Waals surface area contributed by atoms with Crippen LogP contribution < -0.4 is 9.47 Å². The van der Waals surface area contributed by atoms with Crippen LogP contribution in [0.5, 0.6) is 11.5 Å². The van der Waals surface area contributed by atoms with Gasteiger partial charge in [0.2, 0.25) is 5.60 Å². The van der Waals surface area contributed by atoms with E-state index in [1.54, 1.807) is 43.5 Å². The molecule has 0 bridgehead atoms. The summed E-state index contributed by atoms with van der Waals surface area (Å²) >= 11 is 0. The minimum Gasteiger partial charge on any atom is -0.497 e. The molecule has 1 heterocycles. The molecular weight excluding hydrogens is 290 g/mol. The number of aliphatic hydroxyl groups is 1. The summed E-state index contributed by atoms with van der Waals surface area (Å²) in [5, 5.41) is 10.4. The molecule has 0 aliphatic carbocycles. The number of alkyl halides is 2. The lowest BCUT2D eigenvalue weighted by molar-refractivity contribution is -0.257. The molecule has 0 saturated carbocycles. The second kappa shape index (κ2) is 5.10. The fraction of sp³-hybridized carbons (Fsp3) is 0.176. The zero-order valence-electron chi connectivity index (χ0n) is 11.8. The predicted octanol–water partition coefficient (Wildman–Crippen LogP) is 3.58. The molecule has 0 spiro atoms. The third-order valence-corrected chi connectivity index (χ3v) is 3.61. The summed E-state index contributed by atoms with van der Waals surface area (Å²) in [7, 11) is 1.54. The lowest BCUT2D eigenvalue weighted by atomic mass is 9.93. The van der Waals surface area contributed by atoms with Crippen LogP contribution in [0.15, 0.2) is 54.6 Å². The van der Waals surface area contributed by atoms with Gasteiger partial charge in [-0.25, -0.2) is 0 Å². The Morgan fingerprint density at radius 3 is 2.45 bits per heavy atom. The van der Waals surface area contributed by atoms with Gasteiger partial charge in [-0.3, -0.25) is 0 Å². The predicted molar refractivity (Wildman–Crippen MR) is 77.9 cm³/mol. The fourth-order valence-corrected chi connectivity index (χ4v) is 2.36. The van der Waals surface area contributed by atoms with Gasteiger partial charge in [0.25, 0.3) is 0 Å². The van der Waals surface area contributed by atoms with E-state index < -0.39 is 11.7 Å². The Morgan fingerprint density at radius 2 is 1.77 bits per heavy atom. The zero-order chi connectivity index (χ0) is 15.8. The number of fused-ring (bicyclic) bond motifs is 1. The number of ether oxygens (including phenoxy) is 2. The summed E-state index contributed by atoms with van der Waals surface area (Å²) < 4.78 is 37.7. The number of methoxy groups -OCH3 is 1. The summed E-state index contributed by atoms with van der Waals surface area (Å²) in [6.07, 6.45) is -1.24. The largest absolute Gasteiger partial charge is 0.497 e. The molecule has 2 aromatic rings. The minimum absolute atomic E-state index is 0.0191. The molecule has 0 amide bonds. The van der Waals surface area contributed by atoms with E-state index in [1.165, 1.54) is 18.2 Å². The van der Waals surface area contributed by atoms with Gasteiger partial charge in [-0.1, -0.05) is 36.4 Å². The smallest absolute Gasteiger partial charge is 0.435 e. The van der Waals surface area contributed by atoms with E-state index in [4.69, 9.17) is 4.74 Å². The number of para-hydroxylation sites is 1. The maximum atomic E-state index is 14.1. The van der Waals surface area contributed by atoms with E-state index in [2.05, 4.69) is 4.74 Å². The van der Waals surface area contributed by atoms with Gasteiger partial charge in [0.1, 0.15) is 11.5 Å². The molecule has 0 radical (unpaired) electrons. The van der Waals surface area contributed by atoms with Crippen molar-refractivity contribution >= 4 is 6.08 Å². The van der Waals surface area contributed by atoms with Crippen molar-refractivity contribution in [2.24, 2.45) is 0 Å². The van der Waals surface area contributed by atoms with Gasteiger partial charge in [-0.15, -0.1) is 0 Å². The van der Waals surface area contributed by atoms with E-state index in [-0.39, 0.29) is 11.3 Å². The third-order valence-electron chi connectivity index (χ3n) is 3.61. The number of hydrogen-bond donors (Lipinski definition) is 1. The first-order valence-corrected chi connectivity index (χ1v) is 6.68. The summed E-state index contributed by atoms with van der Waals surface area (Å²) in [5.74, 6) is 0.644. The highest BCUT2D eigenvalue weighted by molar-refractivity contribution is 5.56. The molecule has 5 heteroatoms. The van der Waals surface area contributed by atoms with Gasteiger partial charge in [-0.2, -0.15) is 8.78 Å². The van der Waals surface area contributed by atoms with Crippen LogP contribution in [0.25, 0.3) is 6.08 Å². The first-order valence-electron chi connectivity index (χ1n) is 6.68. The molecule has 0 fully saturated rings. The van der Waals surface area contributed by atoms with Crippen molar-refractivity contribution in [1.29, 1.82) is 0 Å². The lowest BCUT2D eigenvalue weighted by Gasteiger charge is -2.24. The Bertz CT molecular complexity index is 710. The molecule has 3 nitrogen and oxygen atoms in total. The lowest BCUT2D eigenvalue weighted by Crippen LogP contribution is -2.42. The molecule has 1 atom stereocenters. The first-order chi connectivity index (χ1) is 10.5. The van der Waals surface area contributed by atoms with Crippen LogP contribution in [0.4, 0.5) is 8.78 Å². The summed E-state index contributed by atoms with van der Waals surface area (Å²) in [6, 6.07) is 12.8. The quantitative estimate of drug-likeness (QED) is 0.942. The van der Waals surface area contributed by atoms with Gasteiger partial charge in [0.05, 0.1) is 7.11 Å². The van der Waals surface area contributed by atoms with Gasteiger partial charge < -0.3 is 14.6 Å². The van der Waals surface area contributed by atoms with Gasteiger partial charge >= 0.3 is 6.11 Å². The van der Waals surface area contributed by atoms with Gasteiger partial charge in [0, 0.05) is 5.56 Å². The Balaban J connectivity index is 1.96. The van der Waals surface area contributed by atoms with Crippen molar-refractivity contribution < 1.29 is 23.4 Å². The molecule has 1 aliphatic rings. The van der Waals surface area contributed by atoms with Crippen molar-refractivity contribution in [3.63, 3.8) is 0 Å². The average Bonchev–Trinajstić information content (AvgIpc) is 2.73. The Hall–Kier alpha value is -2.40. The maximum Gasteiger partial charge on any atom is 0.435 e. The molecule has 22 heavy (non-hydrogen) atoms. The normalized spacial score (nSPS) is 22.4. The average molecular weight is 304 g/mol.